The number of rotatable bonds is 6. The van der Waals surface area contributed by atoms with Crippen LogP contribution in [0, 0.1) is 5.92 Å². The molecule has 1 heterocycles. The fourth-order valence-corrected chi connectivity index (χ4v) is 4.83. The van der Waals surface area contributed by atoms with Crippen LogP contribution in [0.15, 0.2) is 70.0 Å². The fourth-order valence-electron chi connectivity index (χ4n) is 3.47. The highest BCUT2D eigenvalue weighted by atomic mass is 79.9. The molecule has 0 saturated carbocycles. The SMILES string of the molecule is CC(C)CN1C(=O)S/C(=C\c2ccc(OCc3cccc4ccccc34)c(Br)c2)C1=O. The monoisotopic (exact) mass is 495 g/mol. The van der Waals surface area contributed by atoms with Crippen molar-refractivity contribution in [1.29, 1.82) is 0 Å². The summed E-state index contributed by atoms with van der Waals surface area (Å²) in [5, 5.41) is 2.15. The van der Waals surface area contributed by atoms with Crippen LogP contribution in [0.2, 0.25) is 0 Å². The third-order valence-electron chi connectivity index (χ3n) is 4.94. The number of amides is 2. The summed E-state index contributed by atoms with van der Waals surface area (Å²) in [4.78, 5) is 26.5. The second-order valence-electron chi connectivity index (χ2n) is 7.80. The average Bonchev–Trinajstić information content (AvgIpc) is 3.00. The Hall–Kier alpha value is -2.57. The lowest BCUT2D eigenvalue weighted by atomic mass is 10.1. The summed E-state index contributed by atoms with van der Waals surface area (Å²) in [5.74, 6) is 0.731. The molecular weight excluding hydrogens is 474 g/mol. The second kappa shape index (κ2) is 9.28. The van der Waals surface area contributed by atoms with Crippen molar-refractivity contribution in [2.75, 3.05) is 6.54 Å². The first kappa shape index (κ1) is 21.7. The molecule has 0 radical (unpaired) electrons. The average molecular weight is 496 g/mol. The van der Waals surface area contributed by atoms with Crippen LogP contribution in [0.1, 0.15) is 25.0 Å². The topological polar surface area (TPSA) is 46.6 Å². The van der Waals surface area contributed by atoms with E-state index in [1.165, 1.54) is 15.7 Å². The van der Waals surface area contributed by atoms with E-state index in [-0.39, 0.29) is 17.1 Å². The van der Waals surface area contributed by atoms with Crippen molar-refractivity contribution in [1.82, 2.24) is 4.90 Å². The molecule has 3 aromatic rings. The maximum Gasteiger partial charge on any atom is 0.293 e. The van der Waals surface area contributed by atoms with Gasteiger partial charge >= 0.3 is 0 Å². The zero-order valence-electron chi connectivity index (χ0n) is 17.3. The summed E-state index contributed by atoms with van der Waals surface area (Å²) < 4.78 is 6.85. The van der Waals surface area contributed by atoms with E-state index < -0.39 is 0 Å². The lowest BCUT2D eigenvalue weighted by Crippen LogP contribution is -2.31. The van der Waals surface area contributed by atoms with Crippen molar-refractivity contribution in [2.24, 2.45) is 5.92 Å². The molecule has 0 N–H and O–H groups in total. The van der Waals surface area contributed by atoms with Gasteiger partial charge in [0, 0.05) is 6.54 Å². The Balaban J connectivity index is 1.49. The number of carbonyl (C=O) groups is 2. The maximum atomic E-state index is 12.6. The lowest BCUT2D eigenvalue weighted by Gasteiger charge is -2.14. The van der Waals surface area contributed by atoms with Crippen molar-refractivity contribution in [3.05, 3.63) is 81.2 Å². The summed E-state index contributed by atoms with van der Waals surface area (Å²) in [6.07, 6.45) is 1.75. The van der Waals surface area contributed by atoms with Gasteiger partial charge in [-0.05, 0) is 73.7 Å². The van der Waals surface area contributed by atoms with Crippen LogP contribution in [0.25, 0.3) is 16.8 Å². The Kier molecular flexibility index (Phi) is 6.49. The van der Waals surface area contributed by atoms with Gasteiger partial charge in [-0.1, -0.05) is 62.4 Å². The van der Waals surface area contributed by atoms with Crippen LogP contribution in [0.5, 0.6) is 5.75 Å². The van der Waals surface area contributed by atoms with Crippen LogP contribution in [0.4, 0.5) is 4.79 Å². The highest BCUT2D eigenvalue weighted by molar-refractivity contribution is 9.10. The third kappa shape index (κ3) is 4.86. The molecule has 1 aliphatic heterocycles. The minimum absolute atomic E-state index is 0.209. The number of imide groups is 1. The largest absolute Gasteiger partial charge is 0.488 e. The van der Waals surface area contributed by atoms with E-state index >= 15 is 0 Å². The smallest absolute Gasteiger partial charge is 0.293 e. The molecule has 4 rings (SSSR count). The number of fused-ring (bicyclic) bond motifs is 1. The number of carbonyl (C=O) groups excluding carboxylic acids is 2. The number of ether oxygens (including phenoxy) is 1. The molecule has 0 atom stereocenters. The molecule has 31 heavy (non-hydrogen) atoms. The van der Waals surface area contributed by atoms with Crippen molar-refractivity contribution in [3.63, 3.8) is 0 Å². The van der Waals surface area contributed by atoms with Gasteiger partial charge in [-0.15, -0.1) is 0 Å². The van der Waals surface area contributed by atoms with Crippen LogP contribution < -0.4 is 4.74 Å². The van der Waals surface area contributed by atoms with Gasteiger partial charge in [0.05, 0.1) is 9.38 Å². The molecule has 158 valence electrons. The van der Waals surface area contributed by atoms with E-state index in [0.717, 1.165) is 33.1 Å². The predicted molar refractivity (Wildman–Crippen MR) is 130 cm³/mol. The van der Waals surface area contributed by atoms with Gasteiger partial charge in [0.1, 0.15) is 12.4 Å². The zero-order chi connectivity index (χ0) is 22.0. The molecule has 1 saturated heterocycles. The van der Waals surface area contributed by atoms with E-state index in [1.54, 1.807) is 6.08 Å². The highest BCUT2D eigenvalue weighted by Crippen LogP contribution is 2.34. The Morgan fingerprint density at radius 3 is 2.61 bits per heavy atom. The molecule has 2 amide bonds. The first-order valence-electron chi connectivity index (χ1n) is 10.1. The fraction of sp³-hybridized carbons (Fsp3) is 0.200. The zero-order valence-corrected chi connectivity index (χ0v) is 19.7. The predicted octanol–water partition coefficient (Wildman–Crippen LogP) is 6.87. The summed E-state index contributed by atoms with van der Waals surface area (Å²) >= 11 is 4.56. The molecule has 0 spiro atoms. The van der Waals surface area contributed by atoms with Crippen LogP contribution in [-0.2, 0) is 11.4 Å². The minimum atomic E-state index is -0.226. The molecule has 1 aliphatic rings. The van der Waals surface area contributed by atoms with Crippen LogP contribution >= 0.6 is 27.7 Å². The van der Waals surface area contributed by atoms with Gasteiger partial charge in [0.25, 0.3) is 11.1 Å². The molecule has 0 aliphatic carbocycles. The van der Waals surface area contributed by atoms with Crippen molar-refractivity contribution in [2.45, 2.75) is 20.5 Å². The normalized spacial score (nSPS) is 15.5. The van der Waals surface area contributed by atoms with Gasteiger partial charge in [0.15, 0.2) is 0 Å². The van der Waals surface area contributed by atoms with Gasteiger partial charge in [0.2, 0.25) is 0 Å². The molecule has 1 fully saturated rings. The number of hydrogen-bond donors (Lipinski definition) is 0. The summed E-state index contributed by atoms with van der Waals surface area (Å²) in [6.45, 7) is 4.86. The molecule has 0 bridgehead atoms. The summed E-state index contributed by atoms with van der Waals surface area (Å²) in [5.41, 5.74) is 1.95. The lowest BCUT2D eigenvalue weighted by molar-refractivity contribution is -0.123. The Morgan fingerprint density at radius 2 is 1.84 bits per heavy atom. The maximum absolute atomic E-state index is 12.6. The molecule has 0 unspecified atom stereocenters. The van der Waals surface area contributed by atoms with Gasteiger partial charge in [-0.25, -0.2) is 0 Å². The number of hydrogen-bond acceptors (Lipinski definition) is 4. The van der Waals surface area contributed by atoms with Crippen LogP contribution in [0.3, 0.4) is 0 Å². The van der Waals surface area contributed by atoms with Gasteiger partial charge < -0.3 is 4.74 Å². The van der Waals surface area contributed by atoms with E-state index in [4.69, 9.17) is 4.74 Å². The van der Waals surface area contributed by atoms with Crippen molar-refractivity contribution >= 4 is 55.7 Å². The van der Waals surface area contributed by atoms with Crippen LogP contribution in [-0.4, -0.2) is 22.6 Å². The van der Waals surface area contributed by atoms with Gasteiger partial charge in [-0.3, -0.25) is 14.5 Å². The number of nitrogens with zero attached hydrogens (tertiary/aromatic N) is 1. The third-order valence-corrected chi connectivity index (χ3v) is 6.47. The minimum Gasteiger partial charge on any atom is -0.488 e. The van der Waals surface area contributed by atoms with E-state index in [1.807, 2.05) is 50.2 Å². The van der Waals surface area contributed by atoms with E-state index in [2.05, 4.69) is 40.2 Å². The molecule has 4 nitrogen and oxygen atoms in total. The summed E-state index contributed by atoms with van der Waals surface area (Å²) in [6, 6.07) is 20.1. The Bertz CT molecular complexity index is 1180. The van der Waals surface area contributed by atoms with Crippen molar-refractivity contribution in [3.8, 4) is 5.75 Å². The Labute approximate surface area is 194 Å². The Morgan fingerprint density at radius 1 is 1.06 bits per heavy atom. The number of halogens is 1. The summed E-state index contributed by atoms with van der Waals surface area (Å²) in [7, 11) is 0. The molecule has 3 aromatic carbocycles. The van der Waals surface area contributed by atoms with Gasteiger partial charge in [-0.2, -0.15) is 0 Å². The second-order valence-corrected chi connectivity index (χ2v) is 9.65. The number of thioether (sulfide) groups is 1. The molecular formula is C25H22BrNO3S. The van der Waals surface area contributed by atoms with E-state index in [0.29, 0.717) is 18.1 Å². The number of benzene rings is 3. The van der Waals surface area contributed by atoms with Crippen molar-refractivity contribution < 1.29 is 14.3 Å². The van der Waals surface area contributed by atoms with E-state index in [9.17, 15) is 9.59 Å². The quantitative estimate of drug-likeness (QED) is 0.350. The molecule has 6 heteroatoms. The standard InChI is InChI=1S/C25H22BrNO3S/c1-16(2)14-27-24(28)23(31-25(27)29)13-17-10-11-22(21(26)12-17)30-15-19-8-5-7-18-6-3-4-9-20(18)19/h3-13,16H,14-15H2,1-2H3/b23-13-. The first-order chi connectivity index (χ1) is 14.9. The molecule has 0 aromatic heterocycles. The highest BCUT2D eigenvalue weighted by Gasteiger charge is 2.35. The first-order valence-corrected chi connectivity index (χ1v) is 11.7.